The average Bonchev–Trinajstić information content (AvgIpc) is 3.18. The van der Waals surface area contributed by atoms with Gasteiger partial charge in [0.2, 0.25) is 0 Å². The van der Waals surface area contributed by atoms with E-state index >= 15 is 0 Å². The fourth-order valence-corrected chi connectivity index (χ4v) is 4.21. The summed E-state index contributed by atoms with van der Waals surface area (Å²) in [4.78, 5) is 26.8. The van der Waals surface area contributed by atoms with Crippen LogP contribution in [0.15, 0.2) is 18.2 Å². The van der Waals surface area contributed by atoms with Gasteiger partial charge < -0.3 is 15.5 Å². The van der Waals surface area contributed by atoms with E-state index in [0.717, 1.165) is 37.5 Å². The lowest BCUT2D eigenvalue weighted by atomic mass is 9.95. The fourth-order valence-electron chi connectivity index (χ4n) is 4.03. The SMILES string of the molecule is Cc1c(Cl)cccc1NC(=O)C(=O)NCC1CCN(C2CCCC2)CC1. The Morgan fingerprint density at radius 1 is 1.12 bits per heavy atom. The molecule has 1 aliphatic heterocycles. The van der Waals surface area contributed by atoms with Crippen molar-refractivity contribution in [1.29, 1.82) is 0 Å². The average molecular weight is 378 g/mol. The summed E-state index contributed by atoms with van der Waals surface area (Å²) < 4.78 is 0. The highest BCUT2D eigenvalue weighted by molar-refractivity contribution is 6.40. The Balaban J connectivity index is 1.41. The standard InChI is InChI=1S/C20H28ClN3O2/c1-14-17(21)7-4-8-18(14)23-20(26)19(25)22-13-15-9-11-24(12-10-15)16-5-2-3-6-16/h4,7-8,15-16H,2-3,5-6,9-13H2,1H3,(H,22,25)(H,23,26). The Labute approximate surface area is 160 Å². The number of amides is 2. The maximum atomic E-state index is 12.1. The van der Waals surface area contributed by atoms with Crippen molar-refractivity contribution in [3.8, 4) is 0 Å². The molecule has 2 fully saturated rings. The number of likely N-dealkylation sites (tertiary alicyclic amines) is 1. The third-order valence-electron chi connectivity index (χ3n) is 5.76. The van der Waals surface area contributed by atoms with E-state index < -0.39 is 11.8 Å². The van der Waals surface area contributed by atoms with Crippen molar-refractivity contribution in [3.05, 3.63) is 28.8 Å². The summed E-state index contributed by atoms with van der Waals surface area (Å²) in [6, 6.07) is 6.02. The number of carbonyl (C=O) groups excluding carboxylic acids is 2. The van der Waals surface area contributed by atoms with Gasteiger partial charge >= 0.3 is 11.8 Å². The minimum Gasteiger partial charge on any atom is -0.348 e. The zero-order valence-electron chi connectivity index (χ0n) is 15.4. The Morgan fingerprint density at radius 3 is 2.50 bits per heavy atom. The van der Waals surface area contributed by atoms with E-state index in [-0.39, 0.29) is 0 Å². The minimum atomic E-state index is -0.640. The molecule has 1 aliphatic carbocycles. The quantitative estimate of drug-likeness (QED) is 0.791. The van der Waals surface area contributed by atoms with Gasteiger partial charge in [0.05, 0.1) is 0 Å². The van der Waals surface area contributed by atoms with Crippen molar-refractivity contribution in [1.82, 2.24) is 10.2 Å². The smallest absolute Gasteiger partial charge is 0.313 e. The van der Waals surface area contributed by atoms with Gasteiger partial charge in [-0.25, -0.2) is 0 Å². The molecule has 1 aromatic rings. The normalized spacial score (nSPS) is 19.5. The van der Waals surface area contributed by atoms with E-state index in [2.05, 4.69) is 15.5 Å². The number of anilines is 1. The number of hydrogen-bond donors (Lipinski definition) is 2. The van der Waals surface area contributed by atoms with Crippen LogP contribution in [0, 0.1) is 12.8 Å². The van der Waals surface area contributed by atoms with Crippen LogP contribution in [0.4, 0.5) is 5.69 Å². The zero-order valence-corrected chi connectivity index (χ0v) is 16.1. The molecule has 0 unspecified atom stereocenters. The highest BCUT2D eigenvalue weighted by Crippen LogP contribution is 2.27. The summed E-state index contributed by atoms with van der Waals surface area (Å²) in [7, 11) is 0. The Bertz CT molecular complexity index is 650. The molecule has 6 heteroatoms. The number of halogens is 1. The van der Waals surface area contributed by atoms with Crippen molar-refractivity contribution in [3.63, 3.8) is 0 Å². The molecule has 142 valence electrons. The van der Waals surface area contributed by atoms with Crippen molar-refractivity contribution in [2.24, 2.45) is 5.92 Å². The van der Waals surface area contributed by atoms with Crippen molar-refractivity contribution < 1.29 is 9.59 Å². The molecule has 1 aromatic carbocycles. The molecule has 0 aromatic heterocycles. The monoisotopic (exact) mass is 377 g/mol. The highest BCUT2D eigenvalue weighted by atomic mass is 35.5. The van der Waals surface area contributed by atoms with Crippen LogP contribution < -0.4 is 10.6 Å². The lowest BCUT2D eigenvalue weighted by Gasteiger charge is -2.36. The molecular formula is C20H28ClN3O2. The molecule has 0 radical (unpaired) electrons. The number of benzene rings is 1. The Kier molecular flexibility index (Phi) is 6.54. The van der Waals surface area contributed by atoms with Gasteiger partial charge in [-0.05, 0) is 69.3 Å². The Hall–Kier alpha value is -1.59. The van der Waals surface area contributed by atoms with Gasteiger partial charge in [0.1, 0.15) is 0 Å². The molecule has 1 saturated heterocycles. The van der Waals surface area contributed by atoms with Crippen molar-refractivity contribution in [2.45, 2.75) is 51.5 Å². The first kappa shape index (κ1) is 19.2. The van der Waals surface area contributed by atoms with E-state index in [0.29, 0.717) is 23.2 Å². The van der Waals surface area contributed by atoms with Gasteiger partial charge in [-0.15, -0.1) is 0 Å². The van der Waals surface area contributed by atoms with Crippen LogP contribution in [-0.2, 0) is 9.59 Å². The van der Waals surface area contributed by atoms with Crippen LogP contribution in [0.25, 0.3) is 0 Å². The van der Waals surface area contributed by atoms with E-state index in [4.69, 9.17) is 11.6 Å². The number of carbonyl (C=O) groups is 2. The third-order valence-corrected chi connectivity index (χ3v) is 6.17. The molecule has 2 N–H and O–H groups in total. The predicted molar refractivity (Wildman–Crippen MR) is 104 cm³/mol. The molecule has 0 atom stereocenters. The highest BCUT2D eigenvalue weighted by Gasteiger charge is 2.27. The molecule has 2 amide bonds. The minimum absolute atomic E-state index is 0.456. The zero-order chi connectivity index (χ0) is 18.5. The molecular weight excluding hydrogens is 350 g/mol. The largest absolute Gasteiger partial charge is 0.348 e. The first-order valence-electron chi connectivity index (χ1n) is 9.63. The summed E-state index contributed by atoms with van der Waals surface area (Å²) in [5.74, 6) is -0.765. The molecule has 3 rings (SSSR count). The van der Waals surface area contributed by atoms with Gasteiger partial charge in [-0.1, -0.05) is 30.5 Å². The second-order valence-corrected chi connectivity index (χ2v) is 7.90. The predicted octanol–water partition coefficient (Wildman–Crippen LogP) is 3.36. The Morgan fingerprint density at radius 2 is 1.81 bits per heavy atom. The van der Waals surface area contributed by atoms with Gasteiger partial charge in [-0.2, -0.15) is 0 Å². The molecule has 2 aliphatic rings. The maximum Gasteiger partial charge on any atom is 0.313 e. The summed E-state index contributed by atoms with van der Waals surface area (Å²) in [6.07, 6.45) is 7.58. The van der Waals surface area contributed by atoms with E-state index in [1.807, 2.05) is 6.92 Å². The van der Waals surface area contributed by atoms with Crippen LogP contribution in [-0.4, -0.2) is 42.4 Å². The van der Waals surface area contributed by atoms with Crippen LogP contribution in [0.2, 0.25) is 5.02 Å². The van der Waals surface area contributed by atoms with Gasteiger partial charge in [0.15, 0.2) is 0 Å². The van der Waals surface area contributed by atoms with Crippen LogP contribution in [0.5, 0.6) is 0 Å². The van der Waals surface area contributed by atoms with E-state index in [9.17, 15) is 9.59 Å². The summed E-state index contributed by atoms with van der Waals surface area (Å²) in [5.41, 5.74) is 1.33. The first-order chi connectivity index (χ1) is 12.5. The second kappa shape index (κ2) is 8.87. The first-order valence-corrected chi connectivity index (χ1v) is 10.0. The lowest BCUT2D eigenvalue weighted by molar-refractivity contribution is -0.136. The van der Waals surface area contributed by atoms with Gasteiger partial charge in [0, 0.05) is 23.3 Å². The molecule has 0 spiro atoms. The third kappa shape index (κ3) is 4.77. The topological polar surface area (TPSA) is 61.4 Å². The van der Waals surface area contributed by atoms with Crippen molar-refractivity contribution >= 4 is 29.1 Å². The second-order valence-electron chi connectivity index (χ2n) is 7.49. The molecule has 1 saturated carbocycles. The van der Waals surface area contributed by atoms with Crippen LogP contribution in [0.3, 0.4) is 0 Å². The summed E-state index contributed by atoms with van der Waals surface area (Å²) in [6.45, 7) is 4.60. The van der Waals surface area contributed by atoms with Crippen molar-refractivity contribution in [2.75, 3.05) is 25.0 Å². The number of nitrogens with zero attached hydrogens (tertiary/aromatic N) is 1. The number of nitrogens with one attached hydrogen (secondary N) is 2. The van der Waals surface area contributed by atoms with Crippen LogP contribution in [0.1, 0.15) is 44.1 Å². The van der Waals surface area contributed by atoms with Gasteiger partial charge in [-0.3, -0.25) is 9.59 Å². The summed E-state index contributed by atoms with van der Waals surface area (Å²) >= 11 is 6.04. The number of rotatable bonds is 4. The maximum absolute atomic E-state index is 12.1. The van der Waals surface area contributed by atoms with E-state index in [1.54, 1.807) is 18.2 Å². The molecule has 0 bridgehead atoms. The van der Waals surface area contributed by atoms with E-state index in [1.165, 1.54) is 25.7 Å². The molecule has 26 heavy (non-hydrogen) atoms. The number of hydrogen-bond acceptors (Lipinski definition) is 3. The number of piperidine rings is 1. The summed E-state index contributed by atoms with van der Waals surface area (Å²) in [5, 5.41) is 5.99. The fraction of sp³-hybridized carbons (Fsp3) is 0.600. The van der Waals surface area contributed by atoms with Gasteiger partial charge in [0.25, 0.3) is 0 Å². The molecule has 1 heterocycles. The lowest BCUT2D eigenvalue weighted by Crippen LogP contribution is -2.44. The molecule has 5 nitrogen and oxygen atoms in total. The van der Waals surface area contributed by atoms with Crippen LogP contribution >= 0.6 is 11.6 Å².